The molecule has 0 unspecified atom stereocenters. The lowest BCUT2D eigenvalue weighted by Crippen LogP contribution is -2.26. The molecule has 0 atom stereocenters. The van der Waals surface area contributed by atoms with E-state index >= 15 is 0 Å². The maximum Gasteiger partial charge on any atom is 0.0597 e. The molecule has 0 N–H and O–H groups in total. The minimum Gasteiger partial charge on any atom is -0.370 e. The molecule has 1 aromatic rings. The van der Waals surface area contributed by atoms with E-state index in [4.69, 9.17) is 11.6 Å². The molecule has 1 aromatic heterocycles. The molecule has 2 nitrogen and oxygen atoms in total. The third-order valence-electron chi connectivity index (χ3n) is 3.71. The summed E-state index contributed by atoms with van der Waals surface area (Å²) in [5.74, 6) is 0.567. The molecule has 0 spiro atoms. The number of rotatable bonds is 2. The number of aromatic nitrogens is 1. The molecule has 2 rings (SSSR count). The minimum atomic E-state index is 0.470. The smallest absolute Gasteiger partial charge is 0.0597 e. The van der Waals surface area contributed by atoms with Gasteiger partial charge in [0.15, 0.2) is 0 Å². The van der Waals surface area contributed by atoms with Crippen molar-refractivity contribution >= 4 is 17.3 Å². The summed E-state index contributed by atoms with van der Waals surface area (Å²) < 4.78 is 0. The van der Waals surface area contributed by atoms with Gasteiger partial charge in [0.25, 0.3) is 0 Å². The van der Waals surface area contributed by atoms with E-state index in [1.807, 2.05) is 18.5 Å². The van der Waals surface area contributed by atoms with E-state index in [-0.39, 0.29) is 0 Å². The van der Waals surface area contributed by atoms with Gasteiger partial charge in [-0.05, 0) is 36.3 Å². The van der Waals surface area contributed by atoms with Crippen LogP contribution in [0.25, 0.3) is 0 Å². The third kappa shape index (κ3) is 3.12. The third-order valence-corrected chi connectivity index (χ3v) is 4.00. The first-order valence-corrected chi connectivity index (χ1v) is 6.90. The van der Waals surface area contributed by atoms with Crippen molar-refractivity contribution < 1.29 is 0 Å². The molecule has 1 aliphatic rings. The predicted octanol–water partition coefficient (Wildman–Crippen LogP) is 3.84. The van der Waals surface area contributed by atoms with Gasteiger partial charge in [-0.25, -0.2) is 0 Å². The van der Waals surface area contributed by atoms with E-state index in [2.05, 4.69) is 23.7 Å². The van der Waals surface area contributed by atoms with Gasteiger partial charge in [0, 0.05) is 25.2 Å². The van der Waals surface area contributed by atoms with E-state index in [1.165, 1.54) is 30.5 Å². The average molecular weight is 253 g/mol. The van der Waals surface area contributed by atoms with Crippen LogP contribution in [0.3, 0.4) is 0 Å². The van der Waals surface area contributed by atoms with Gasteiger partial charge in [-0.1, -0.05) is 13.8 Å². The number of halogens is 1. The number of hydrogen-bond donors (Lipinski definition) is 0. The Balaban J connectivity index is 2.17. The average Bonchev–Trinajstić information content (AvgIpc) is 2.50. The summed E-state index contributed by atoms with van der Waals surface area (Å²) in [4.78, 5) is 6.68. The molecule has 94 valence electrons. The highest BCUT2D eigenvalue weighted by atomic mass is 35.5. The Bertz CT molecular complexity index is 376. The van der Waals surface area contributed by atoms with Gasteiger partial charge in [-0.3, -0.25) is 4.98 Å². The summed E-state index contributed by atoms with van der Waals surface area (Å²) >= 11 is 5.99. The number of anilines is 1. The van der Waals surface area contributed by atoms with Gasteiger partial charge < -0.3 is 4.90 Å². The highest BCUT2D eigenvalue weighted by Crippen LogP contribution is 2.32. The summed E-state index contributed by atoms with van der Waals surface area (Å²) in [7, 11) is 0. The van der Waals surface area contributed by atoms with E-state index in [9.17, 15) is 0 Å². The summed E-state index contributed by atoms with van der Waals surface area (Å²) in [6.07, 6.45) is 7.58. The number of pyridine rings is 1. The monoisotopic (exact) mass is 252 g/mol. The predicted molar refractivity (Wildman–Crippen MR) is 73.6 cm³/mol. The largest absolute Gasteiger partial charge is 0.370 e. The first-order valence-electron chi connectivity index (χ1n) is 6.36. The van der Waals surface area contributed by atoms with Crippen molar-refractivity contribution in [2.24, 2.45) is 5.41 Å². The van der Waals surface area contributed by atoms with E-state index in [0.717, 1.165) is 13.1 Å². The zero-order chi connectivity index (χ0) is 12.3. The Hall–Kier alpha value is -0.760. The maximum absolute atomic E-state index is 5.99. The second-order valence-corrected chi connectivity index (χ2v) is 5.91. The second-order valence-electron chi connectivity index (χ2n) is 5.64. The zero-order valence-electron chi connectivity index (χ0n) is 10.7. The molecule has 0 radical (unpaired) electrons. The standard InChI is InChI=1S/C14H21ClN2/c1-14(2)5-3-8-17(9-6-14)13-11-16-7-4-12(13)10-15/h4,7,11H,3,5-6,8-10H2,1-2H3. The van der Waals surface area contributed by atoms with E-state index in [0.29, 0.717) is 11.3 Å². The van der Waals surface area contributed by atoms with Crippen molar-refractivity contribution in [3.05, 3.63) is 24.0 Å². The fourth-order valence-electron chi connectivity index (χ4n) is 2.48. The van der Waals surface area contributed by atoms with E-state index in [1.54, 1.807) is 0 Å². The zero-order valence-corrected chi connectivity index (χ0v) is 11.5. The van der Waals surface area contributed by atoms with Crippen molar-refractivity contribution in [2.45, 2.75) is 39.0 Å². The first kappa shape index (κ1) is 12.7. The van der Waals surface area contributed by atoms with Crippen LogP contribution in [0.2, 0.25) is 0 Å². The Morgan fingerprint density at radius 2 is 2.18 bits per heavy atom. The van der Waals surface area contributed by atoms with Crippen LogP contribution in [-0.2, 0) is 5.88 Å². The van der Waals surface area contributed by atoms with Gasteiger partial charge in [-0.15, -0.1) is 11.6 Å². The molecule has 0 saturated carbocycles. The topological polar surface area (TPSA) is 16.1 Å². The Morgan fingerprint density at radius 1 is 1.35 bits per heavy atom. The quantitative estimate of drug-likeness (QED) is 0.744. The number of alkyl halides is 1. The Kier molecular flexibility index (Phi) is 3.93. The lowest BCUT2D eigenvalue weighted by Gasteiger charge is -2.26. The molecular formula is C14H21ClN2. The first-order chi connectivity index (χ1) is 8.12. The molecule has 1 aliphatic heterocycles. The van der Waals surface area contributed by atoms with Crippen LogP contribution in [0.5, 0.6) is 0 Å². The van der Waals surface area contributed by atoms with Crippen LogP contribution < -0.4 is 4.90 Å². The van der Waals surface area contributed by atoms with Crippen molar-refractivity contribution in [2.75, 3.05) is 18.0 Å². The van der Waals surface area contributed by atoms with Crippen molar-refractivity contribution in [1.82, 2.24) is 4.98 Å². The molecular weight excluding hydrogens is 232 g/mol. The minimum absolute atomic E-state index is 0.470. The lowest BCUT2D eigenvalue weighted by atomic mass is 9.85. The van der Waals surface area contributed by atoms with Crippen molar-refractivity contribution in [3.8, 4) is 0 Å². The van der Waals surface area contributed by atoms with Crippen LogP contribution in [-0.4, -0.2) is 18.1 Å². The van der Waals surface area contributed by atoms with Crippen LogP contribution >= 0.6 is 11.6 Å². The van der Waals surface area contributed by atoms with Gasteiger partial charge in [0.1, 0.15) is 0 Å². The molecule has 1 saturated heterocycles. The molecule has 0 aromatic carbocycles. The van der Waals surface area contributed by atoms with Crippen molar-refractivity contribution in [1.29, 1.82) is 0 Å². The van der Waals surface area contributed by atoms with Crippen LogP contribution in [0.15, 0.2) is 18.5 Å². The summed E-state index contributed by atoms with van der Waals surface area (Å²) in [5.41, 5.74) is 2.89. The van der Waals surface area contributed by atoms with Crippen molar-refractivity contribution in [3.63, 3.8) is 0 Å². The summed E-state index contributed by atoms with van der Waals surface area (Å²) in [5, 5.41) is 0. The molecule has 17 heavy (non-hydrogen) atoms. The van der Waals surface area contributed by atoms with Gasteiger partial charge >= 0.3 is 0 Å². The Morgan fingerprint density at radius 3 is 2.94 bits per heavy atom. The number of hydrogen-bond acceptors (Lipinski definition) is 2. The van der Waals surface area contributed by atoms with Gasteiger partial charge in [0.2, 0.25) is 0 Å². The fourth-order valence-corrected chi connectivity index (χ4v) is 2.70. The van der Waals surface area contributed by atoms with Gasteiger partial charge in [0.05, 0.1) is 11.9 Å². The molecule has 0 aliphatic carbocycles. The lowest BCUT2D eigenvalue weighted by molar-refractivity contribution is 0.325. The summed E-state index contributed by atoms with van der Waals surface area (Å²) in [6, 6.07) is 2.03. The molecule has 1 fully saturated rings. The fraction of sp³-hybridized carbons (Fsp3) is 0.643. The summed E-state index contributed by atoms with van der Waals surface area (Å²) in [6.45, 7) is 6.96. The molecule has 0 amide bonds. The van der Waals surface area contributed by atoms with Crippen LogP contribution in [0.1, 0.15) is 38.7 Å². The molecule has 3 heteroatoms. The highest BCUT2D eigenvalue weighted by Gasteiger charge is 2.23. The molecule has 2 heterocycles. The number of nitrogens with zero attached hydrogens (tertiary/aromatic N) is 2. The Labute approximate surface area is 109 Å². The van der Waals surface area contributed by atoms with Crippen LogP contribution in [0.4, 0.5) is 5.69 Å². The van der Waals surface area contributed by atoms with Gasteiger partial charge in [-0.2, -0.15) is 0 Å². The normalized spacial score (nSPS) is 20.1. The SMILES string of the molecule is CC1(C)CCCN(c2cnccc2CCl)CC1. The maximum atomic E-state index is 5.99. The second kappa shape index (κ2) is 5.26. The molecule has 0 bridgehead atoms. The van der Waals surface area contributed by atoms with E-state index < -0.39 is 0 Å². The van der Waals surface area contributed by atoms with Crippen LogP contribution in [0, 0.1) is 5.41 Å². The highest BCUT2D eigenvalue weighted by molar-refractivity contribution is 6.17.